The van der Waals surface area contributed by atoms with Crippen LogP contribution in [-0.2, 0) is 30.6 Å². The number of hydrogen-bond donors (Lipinski definition) is 0. The molecule has 2 aromatic carbocycles. The summed E-state index contributed by atoms with van der Waals surface area (Å²) in [5.74, 6) is -1.88. The molecule has 0 heterocycles. The van der Waals surface area contributed by atoms with E-state index in [1.54, 1.807) is 6.92 Å². The van der Waals surface area contributed by atoms with Gasteiger partial charge >= 0.3 is 6.18 Å². The van der Waals surface area contributed by atoms with Crippen LogP contribution in [0.3, 0.4) is 0 Å². The molecule has 0 saturated heterocycles. The monoisotopic (exact) mass is 538 g/mol. The predicted molar refractivity (Wildman–Crippen MR) is 122 cm³/mol. The lowest BCUT2D eigenvalue weighted by Crippen LogP contribution is -2.41. The fraction of sp³-hybridized carbons (Fsp3) is 0.500. The molecule has 0 spiro atoms. The molecule has 1 fully saturated rings. The van der Waals surface area contributed by atoms with E-state index in [1.807, 2.05) is 0 Å². The van der Waals surface area contributed by atoms with E-state index >= 15 is 0 Å². The molecule has 0 aliphatic heterocycles. The first kappa shape index (κ1) is 27.6. The Morgan fingerprint density at radius 3 is 2.06 bits per heavy atom. The smallest absolute Gasteiger partial charge is 0.229 e. The van der Waals surface area contributed by atoms with Crippen molar-refractivity contribution in [3.8, 4) is 0 Å². The maximum absolute atomic E-state index is 14.9. The van der Waals surface area contributed by atoms with Crippen molar-refractivity contribution in [2.45, 2.75) is 61.3 Å². The lowest BCUT2D eigenvalue weighted by Gasteiger charge is -2.40. The summed E-state index contributed by atoms with van der Waals surface area (Å²) in [5.41, 5.74) is -1.39. The summed E-state index contributed by atoms with van der Waals surface area (Å²) in [4.78, 5) is -0.418. The summed E-state index contributed by atoms with van der Waals surface area (Å²) >= 11 is 0. The third-order valence-corrected chi connectivity index (χ3v) is 11.1. The van der Waals surface area contributed by atoms with Crippen LogP contribution in [0, 0.1) is 17.6 Å². The first-order chi connectivity index (χ1) is 16.2. The summed E-state index contributed by atoms with van der Waals surface area (Å²) < 4.78 is 118. The van der Waals surface area contributed by atoms with E-state index in [-0.39, 0.29) is 48.7 Å². The fourth-order valence-electron chi connectivity index (χ4n) is 4.77. The molecule has 0 bridgehead atoms. The van der Waals surface area contributed by atoms with E-state index in [9.17, 15) is 38.8 Å². The SMILES string of the molecule is CCCS(=O)(=O)CCC1CCC(c2cc(F)ccc2F)(S(=O)(=O)c2ccc(C(F)(F)F)cc2)CC1. The summed E-state index contributed by atoms with van der Waals surface area (Å²) in [7, 11) is -7.68. The maximum atomic E-state index is 14.9. The standard InChI is InChI=1S/C24H27F5O4S2/c1-2-14-34(30,31)15-11-17-9-12-23(13-10-17,21-16-19(25)5-8-22(21)26)35(32,33)20-6-3-18(4-7-20)24(27,28)29/h3-8,16-17H,2,9-15H2,1H3. The number of halogens is 5. The maximum Gasteiger partial charge on any atom is 0.416 e. The van der Waals surface area contributed by atoms with Gasteiger partial charge in [-0.15, -0.1) is 0 Å². The molecule has 0 radical (unpaired) electrons. The number of rotatable bonds is 8. The fourth-order valence-corrected chi connectivity index (χ4v) is 8.45. The number of hydrogen-bond acceptors (Lipinski definition) is 4. The van der Waals surface area contributed by atoms with Crippen molar-refractivity contribution in [1.82, 2.24) is 0 Å². The second-order valence-electron chi connectivity index (χ2n) is 9.03. The zero-order chi connectivity index (χ0) is 26.1. The van der Waals surface area contributed by atoms with E-state index in [1.165, 1.54) is 0 Å². The lowest BCUT2D eigenvalue weighted by atomic mass is 9.77. The minimum absolute atomic E-state index is 0.0432. The largest absolute Gasteiger partial charge is 0.416 e. The van der Waals surface area contributed by atoms with E-state index in [4.69, 9.17) is 0 Å². The highest BCUT2D eigenvalue weighted by molar-refractivity contribution is 7.92. The molecule has 0 N–H and O–H groups in total. The third-order valence-electron chi connectivity index (χ3n) is 6.69. The van der Waals surface area contributed by atoms with Crippen LogP contribution < -0.4 is 0 Å². The zero-order valence-corrected chi connectivity index (χ0v) is 20.7. The molecule has 0 unspecified atom stereocenters. The molecule has 35 heavy (non-hydrogen) atoms. The van der Waals surface area contributed by atoms with E-state index in [0.29, 0.717) is 25.0 Å². The minimum Gasteiger partial charge on any atom is -0.229 e. The summed E-state index contributed by atoms with van der Waals surface area (Å²) in [5, 5.41) is 0. The predicted octanol–water partition coefficient (Wildman–Crippen LogP) is 6.06. The van der Waals surface area contributed by atoms with Gasteiger partial charge in [0.1, 0.15) is 26.2 Å². The third kappa shape index (κ3) is 5.87. The van der Waals surface area contributed by atoms with Crippen LogP contribution in [0.25, 0.3) is 0 Å². The van der Waals surface area contributed by atoms with Gasteiger partial charge in [0, 0.05) is 11.3 Å². The lowest BCUT2D eigenvalue weighted by molar-refractivity contribution is -0.137. The van der Waals surface area contributed by atoms with Crippen molar-refractivity contribution >= 4 is 19.7 Å². The van der Waals surface area contributed by atoms with Crippen LogP contribution in [0.1, 0.15) is 56.6 Å². The average Bonchev–Trinajstić information content (AvgIpc) is 2.79. The van der Waals surface area contributed by atoms with Crippen LogP contribution in [0.5, 0.6) is 0 Å². The van der Waals surface area contributed by atoms with Gasteiger partial charge in [-0.3, -0.25) is 0 Å². The molecular weight excluding hydrogens is 511 g/mol. The molecule has 0 atom stereocenters. The van der Waals surface area contributed by atoms with Gasteiger partial charge in [-0.2, -0.15) is 13.2 Å². The minimum atomic E-state index is -4.66. The van der Waals surface area contributed by atoms with E-state index in [0.717, 1.165) is 30.3 Å². The molecule has 2 aromatic rings. The second-order valence-corrected chi connectivity index (χ2v) is 13.6. The van der Waals surface area contributed by atoms with Gasteiger partial charge in [0.2, 0.25) is 0 Å². The van der Waals surface area contributed by atoms with Crippen molar-refractivity contribution in [2.75, 3.05) is 11.5 Å². The second kappa shape index (κ2) is 10.2. The summed E-state index contributed by atoms with van der Waals surface area (Å²) in [6.45, 7) is 1.76. The Kier molecular flexibility index (Phi) is 8.00. The normalized spacial score (nSPS) is 21.7. The average molecular weight is 539 g/mol. The van der Waals surface area contributed by atoms with Crippen molar-refractivity contribution in [1.29, 1.82) is 0 Å². The van der Waals surface area contributed by atoms with Crippen LogP contribution >= 0.6 is 0 Å². The Hall–Kier alpha value is -2.01. The molecule has 1 aliphatic carbocycles. The van der Waals surface area contributed by atoms with E-state index < -0.39 is 52.7 Å². The van der Waals surface area contributed by atoms with Gasteiger partial charge in [0.15, 0.2) is 9.84 Å². The molecule has 0 aromatic heterocycles. The van der Waals surface area contributed by atoms with Gasteiger partial charge in [-0.05, 0) is 86.9 Å². The number of benzene rings is 2. The van der Waals surface area contributed by atoms with Gasteiger partial charge in [-0.25, -0.2) is 25.6 Å². The molecule has 4 nitrogen and oxygen atoms in total. The zero-order valence-electron chi connectivity index (χ0n) is 19.1. The molecule has 11 heteroatoms. The Balaban J connectivity index is 1.98. The molecule has 194 valence electrons. The van der Waals surface area contributed by atoms with Crippen molar-refractivity contribution in [3.63, 3.8) is 0 Å². The molecule has 3 rings (SSSR count). The molecular formula is C24H27F5O4S2. The topological polar surface area (TPSA) is 68.3 Å². The van der Waals surface area contributed by atoms with Crippen LogP contribution in [0.4, 0.5) is 22.0 Å². The highest BCUT2D eigenvalue weighted by atomic mass is 32.2. The van der Waals surface area contributed by atoms with E-state index in [2.05, 4.69) is 0 Å². The number of sulfone groups is 2. The van der Waals surface area contributed by atoms with Crippen molar-refractivity contribution < 1.29 is 38.8 Å². The summed E-state index contributed by atoms with van der Waals surface area (Å²) in [6.07, 6.45) is -3.59. The Bertz CT molecular complexity index is 1250. The van der Waals surface area contributed by atoms with Gasteiger partial charge in [-0.1, -0.05) is 6.92 Å². The highest BCUT2D eigenvalue weighted by Crippen LogP contribution is 2.50. The first-order valence-corrected chi connectivity index (χ1v) is 14.6. The Morgan fingerprint density at radius 2 is 1.51 bits per heavy atom. The molecule has 0 amide bonds. The van der Waals surface area contributed by atoms with Gasteiger partial charge < -0.3 is 0 Å². The molecule has 1 aliphatic rings. The van der Waals surface area contributed by atoms with Crippen LogP contribution in [0.2, 0.25) is 0 Å². The van der Waals surface area contributed by atoms with Gasteiger partial charge in [0.05, 0.1) is 16.2 Å². The van der Waals surface area contributed by atoms with Crippen LogP contribution in [0.15, 0.2) is 47.4 Å². The van der Waals surface area contributed by atoms with Crippen molar-refractivity contribution in [2.24, 2.45) is 5.92 Å². The number of alkyl halides is 3. The quantitative estimate of drug-likeness (QED) is 0.384. The highest BCUT2D eigenvalue weighted by Gasteiger charge is 2.50. The molecule has 1 saturated carbocycles. The van der Waals surface area contributed by atoms with Gasteiger partial charge in [0.25, 0.3) is 0 Å². The van der Waals surface area contributed by atoms with Crippen LogP contribution in [-0.4, -0.2) is 28.3 Å². The first-order valence-electron chi connectivity index (χ1n) is 11.3. The Morgan fingerprint density at radius 1 is 0.914 bits per heavy atom. The van der Waals surface area contributed by atoms with Crippen molar-refractivity contribution in [3.05, 3.63) is 65.2 Å². The summed E-state index contributed by atoms with van der Waals surface area (Å²) in [6, 6.07) is 5.48. The Labute approximate surface area is 202 Å².